The van der Waals surface area contributed by atoms with Crippen LogP contribution in [0.1, 0.15) is 31.9 Å². The molecule has 3 rings (SSSR count). The van der Waals surface area contributed by atoms with Crippen LogP contribution >= 0.6 is 0 Å². The average Bonchev–Trinajstić information content (AvgIpc) is 2.60. The predicted molar refractivity (Wildman–Crippen MR) is 105 cm³/mol. The van der Waals surface area contributed by atoms with Gasteiger partial charge in [0.2, 0.25) is 0 Å². The number of carbonyl (C=O) groups is 1. The van der Waals surface area contributed by atoms with E-state index in [2.05, 4.69) is 6.58 Å². The van der Waals surface area contributed by atoms with E-state index in [1.165, 1.54) is 0 Å². The molecule has 0 radical (unpaired) electrons. The average molecular weight is 346 g/mol. The molecule has 0 spiro atoms. The summed E-state index contributed by atoms with van der Waals surface area (Å²) in [6.45, 7) is 9.67. The summed E-state index contributed by atoms with van der Waals surface area (Å²) in [5.74, 6) is 0.437. The van der Waals surface area contributed by atoms with Gasteiger partial charge >= 0.3 is 6.16 Å². The Morgan fingerprint density at radius 3 is 2.23 bits per heavy atom. The number of rotatable bonds is 3. The molecule has 0 saturated heterocycles. The van der Waals surface area contributed by atoms with Gasteiger partial charge in [-0.1, -0.05) is 67.2 Å². The van der Waals surface area contributed by atoms with Gasteiger partial charge in [0, 0.05) is 5.56 Å². The van der Waals surface area contributed by atoms with Gasteiger partial charge in [-0.05, 0) is 48.7 Å². The fourth-order valence-electron chi connectivity index (χ4n) is 2.79. The van der Waals surface area contributed by atoms with E-state index < -0.39 is 11.8 Å². The Morgan fingerprint density at radius 2 is 1.54 bits per heavy atom. The zero-order chi connectivity index (χ0) is 18.7. The van der Waals surface area contributed by atoms with Crippen LogP contribution in [0.2, 0.25) is 0 Å². The van der Waals surface area contributed by atoms with Gasteiger partial charge < -0.3 is 9.47 Å². The quantitative estimate of drug-likeness (QED) is 0.417. The molecule has 0 fully saturated rings. The normalized spacial score (nSPS) is 11.2. The molecule has 0 bridgehead atoms. The molecule has 0 aromatic heterocycles. The molecule has 3 aromatic rings. The SMILES string of the molecule is C=C(c1ccccc1)c1c(OC(=O)OC(C)(C)C)ccc2ccccc12. The number of ether oxygens (including phenoxy) is 2. The molecule has 0 aliphatic rings. The minimum Gasteiger partial charge on any atom is -0.428 e. The topological polar surface area (TPSA) is 35.5 Å². The second-order valence-electron chi connectivity index (χ2n) is 7.07. The molecular formula is C23H22O3. The maximum Gasteiger partial charge on any atom is 0.514 e. The zero-order valence-electron chi connectivity index (χ0n) is 15.3. The third kappa shape index (κ3) is 3.94. The molecule has 3 aromatic carbocycles. The molecule has 0 aliphatic heterocycles. The summed E-state index contributed by atoms with van der Waals surface area (Å²) < 4.78 is 10.9. The lowest BCUT2D eigenvalue weighted by Gasteiger charge is -2.20. The molecule has 3 heteroatoms. The third-order valence-corrected chi connectivity index (χ3v) is 3.90. The van der Waals surface area contributed by atoms with E-state index in [1.807, 2.05) is 60.7 Å². The van der Waals surface area contributed by atoms with Crippen molar-refractivity contribution < 1.29 is 14.3 Å². The van der Waals surface area contributed by atoms with Crippen molar-refractivity contribution in [1.82, 2.24) is 0 Å². The molecule has 26 heavy (non-hydrogen) atoms. The molecule has 0 saturated carbocycles. The Labute approximate surface area is 153 Å². The fourth-order valence-corrected chi connectivity index (χ4v) is 2.79. The molecule has 132 valence electrons. The van der Waals surface area contributed by atoms with Crippen molar-refractivity contribution in [2.75, 3.05) is 0 Å². The Hall–Kier alpha value is -3.07. The number of fused-ring (bicyclic) bond motifs is 1. The highest BCUT2D eigenvalue weighted by Gasteiger charge is 2.21. The van der Waals surface area contributed by atoms with Gasteiger partial charge in [0.15, 0.2) is 0 Å². The van der Waals surface area contributed by atoms with E-state index in [0.29, 0.717) is 5.75 Å². The summed E-state index contributed by atoms with van der Waals surface area (Å²) in [5, 5.41) is 2.03. The van der Waals surface area contributed by atoms with Crippen molar-refractivity contribution >= 4 is 22.5 Å². The Morgan fingerprint density at radius 1 is 0.885 bits per heavy atom. The highest BCUT2D eigenvalue weighted by Crippen LogP contribution is 2.36. The number of hydrogen-bond acceptors (Lipinski definition) is 3. The third-order valence-electron chi connectivity index (χ3n) is 3.90. The van der Waals surface area contributed by atoms with Crippen LogP contribution in [0.5, 0.6) is 5.75 Å². The monoisotopic (exact) mass is 346 g/mol. The Kier molecular flexibility index (Phi) is 4.81. The van der Waals surface area contributed by atoms with Gasteiger partial charge in [0.05, 0.1) is 0 Å². The molecule has 0 amide bonds. The molecule has 0 N–H and O–H groups in total. The smallest absolute Gasteiger partial charge is 0.428 e. The van der Waals surface area contributed by atoms with Crippen LogP contribution in [-0.2, 0) is 4.74 Å². The van der Waals surface area contributed by atoms with Crippen molar-refractivity contribution in [3.05, 3.63) is 84.4 Å². The molecule has 3 nitrogen and oxygen atoms in total. The van der Waals surface area contributed by atoms with Crippen molar-refractivity contribution in [1.29, 1.82) is 0 Å². The van der Waals surface area contributed by atoms with Gasteiger partial charge in [-0.25, -0.2) is 4.79 Å². The molecule has 0 unspecified atom stereocenters. The van der Waals surface area contributed by atoms with Crippen LogP contribution in [0.3, 0.4) is 0 Å². The minimum absolute atomic E-state index is 0.437. The lowest BCUT2D eigenvalue weighted by atomic mass is 9.93. The van der Waals surface area contributed by atoms with E-state index in [1.54, 1.807) is 26.8 Å². The first-order valence-corrected chi connectivity index (χ1v) is 8.52. The maximum atomic E-state index is 12.2. The summed E-state index contributed by atoms with van der Waals surface area (Å²) in [5.41, 5.74) is 1.93. The zero-order valence-corrected chi connectivity index (χ0v) is 15.3. The Balaban J connectivity index is 2.09. The second-order valence-corrected chi connectivity index (χ2v) is 7.07. The Bertz CT molecular complexity index is 950. The first-order valence-electron chi connectivity index (χ1n) is 8.52. The van der Waals surface area contributed by atoms with Gasteiger partial charge in [0.25, 0.3) is 0 Å². The summed E-state index contributed by atoms with van der Waals surface area (Å²) in [4.78, 5) is 12.2. The fraction of sp³-hybridized carbons (Fsp3) is 0.174. The highest BCUT2D eigenvalue weighted by atomic mass is 16.7. The van der Waals surface area contributed by atoms with Crippen molar-refractivity contribution in [2.24, 2.45) is 0 Å². The second kappa shape index (κ2) is 7.04. The lowest BCUT2D eigenvalue weighted by Crippen LogP contribution is -2.26. The van der Waals surface area contributed by atoms with E-state index in [0.717, 1.165) is 27.5 Å². The molecule has 0 aliphatic carbocycles. The first kappa shape index (κ1) is 17.7. The first-order chi connectivity index (χ1) is 12.3. The van der Waals surface area contributed by atoms with Gasteiger partial charge in [-0.15, -0.1) is 0 Å². The molecule has 0 atom stereocenters. The summed E-state index contributed by atoms with van der Waals surface area (Å²) >= 11 is 0. The lowest BCUT2D eigenvalue weighted by molar-refractivity contribution is 0.0206. The molecule has 0 heterocycles. The standard InChI is InChI=1S/C23H22O3/c1-16(17-10-6-5-7-11-17)21-19-13-9-8-12-18(19)14-15-20(21)25-22(24)26-23(2,3)4/h5-15H,1H2,2-4H3. The van der Waals surface area contributed by atoms with Gasteiger partial charge in [0.1, 0.15) is 11.4 Å². The van der Waals surface area contributed by atoms with E-state index in [-0.39, 0.29) is 0 Å². The maximum absolute atomic E-state index is 12.2. The predicted octanol–water partition coefficient (Wildman–Crippen LogP) is 6.22. The van der Waals surface area contributed by atoms with Crippen LogP contribution in [-0.4, -0.2) is 11.8 Å². The largest absolute Gasteiger partial charge is 0.514 e. The van der Waals surface area contributed by atoms with E-state index in [4.69, 9.17) is 9.47 Å². The molecular weight excluding hydrogens is 324 g/mol. The van der Waals surface area contributed by atoms with Crippen LogP contribution in [0.15, 0.2) is 73.3 Å². The summed E-state index contributed by atoms with van der Waals surface area (Å²) in [6, 6.07) is 21.5. The van der Waals surface area contributed by atoms with Crippen LogP contribution < -0.4 is 4.74 Å². The summed E-state index contributed by atoms with van der Waals surface area (Å²) in [7, 11) is 0. The number of benzene rings is 3. The number of carbonyl (C=O) groups excluding carboxylic acids is 1. The van der Waals surface area contributed by atoms with Crippen LogP contribution in [0, 0.1) is 0 Å². The highest BCUT2D eigenvalue weighted by molar-refractivity contribution is 6.00. The van der Waals surface area contributed by atoms with Crippen LogP contribution in [0.25, 0.3) is 16.3 Å². The van der Waals surface area contributed by atoms with Gasteiger partial charge in [-0.3, -0.25) is 0 Å². The van der Waals surface area contributed by atoms with Gasteiger partial charge in [-0.2, -0.15) is 0 Å². The minimum atomic E-state index is -0.727. The van der Waals surface area contributed by atoms with Crippen molar-refractivity contribution in [3.63, 3.8) is 0 Å². The van der Waals surface area contributed by atoms with Crippen molar-refractivity contribution in [3.8, 4) is 5.75 Å². The van der Waals surface area contributed by atoms with Crippen LogP contribution in [0.4, 0.5) is 4.79 Å². The van der Waals surface area contributed by atoms with E-state index >= 15 is 0 Å². The van der Waals surface area contributed by atoms with E-state index in [9.17, 15) is 4.79 Å². The summed E-state index contributed by atoms with van der Waals surface area (Å²) in [6.07, 6.45) is -0.727. The number of hydrogen-bond donors (Lipinski definition) is 0. The van der Waals surface area contributed by atoms with Crippen molar-refractivity contribution in [2.45, 2.75) is 26.4 Å².